The number of rotatable bonds is 12. The third kappa shape index (κ3) is 6.76. The van der Waals surface area contributed by atoms with Crippen LogP contribution in [0.4, 0.5) is 0 Å². The van der Waals surface area contributed by atoms with Gasteiger partial charge in [0.15, 0.2) is 0 Å². The Kier molecular flexibility index (Phi) is 10.6. The Balaban J connectivity index is 1.07. The lowest BCUT2D eigenvalue weighted by atomic mass is 9.73. The van der Waals surface area contributed by atoms with Crippen LogP contribution in [-0.2, 0) is 29.4 Å². The average Bonchev–Trinajstić information content (AvgIpc) is 3.59. The highest BCUT2D eigenvalue weighted by atomic mass is 32.2. The van der Waals surface area contributed by atoms with Gasteiger partial charge in [-0.2, -0.15) is 12.7 Å². The van der Waals surface area contributed by atoms with Crippen molar-refractivity contribution >= 4 is 50.6 Å². The maximum atomic E-state index is 15.3. The maximum Gasteiger partial charge on any atom is 0.303 e. The molecule has 4 aliphatic carbocycles. The van der Waals surface area contributed by atoms with Gasteiger partial charge in [-0.1, -0.05) is 84.6 Å². The molecule has 2 spiro atoms. The highest BCUT2D eigenvalue weighted by Crippen LogP contribution is 2.88. The Bertz CT molecular complexity index is 2200. The van der Waals surface area contributed by atoms with Gasteiger partial charge in [0, 0.05) is 48.1 Å². The van der Waals surface area contributed by atoms with Gasteiger partial charge in [0.2, 0.25) is 17.7 Å². The van der Waals surface area contributed by atoms with Crippen molar-refractivity contribution in [2.45, 2.75) is 135 Å². The van der Waals surface area contributed by atoms with Gasteiger partial charge in [-0.25, -0.2) is 4.72 Å². The van der Waals surface area contributed by atoms with Gasteiger partial charge in [-0.15, -0.1) is 6.58 Å². The van der Waals surface area contributed by atoms with E-state index in [0.717, 1.165) is 62.3 Å². The lowest BCUT2D eigenvalue weighted by molar-refractivity contribution is -0.145. The van der Waals surface area contributed by atoms with Gasteiger partial charge in [-0.05, 0) is 79.6 Å². The molecule has 6 atom stereocenters. The number of hydrogen-bond acceptors (Lipinski definition) is 7. The van der Waals surface area contributed by atoms with E-state index in [2.05, 4.69) is 46.1 Å². The molecule has 326 valence electrons. The first-order valence-corrected chi connectivity index (χ1v) is 23.5. The van der Waals surface area contributed by atoms with Gasteiger partial charge >= 0.3 is 10.2 Å². The van der Waals surface area contributed by atoms with Gasteiger partial charge in [-0.3, -0.25) is 24.0 Å². The van der Waals surface area contributed by atoms with E-state index in [9.17, 15) is 27.6 Å². The number of para-hydroxylation sites is 1. The summed E-state index contributed by atoms with van der Waals surface area (Å²) >= 11 is 0. The summed E-state index contributed by atoms with van der Waals surface area (Å²) in [5.74, 6) is -3.19. The summed E-state index contributed by atoms with van der Waals surface area (Å²) in [6.45, 7) is 14.9. The number of H-pyrrole nitrogens is 1. The van der Waals surface area contributed by atoms with Crippen molar-refractivity contribution in [2.75, 3.05) is 19.6 Å². The van der Waals surface area contributed by atoms with Crippen LogP contribution in [0, 0.1) is 33.5 Å². The van der Waals surface area contributed by atoms with E-state index >= 15 is 4.79 Å². The first-order chi connectivity index (χ1) is 28.3. The van der Waals surface area contributed by atoms with Gasteiger partial charge in [0.05, 0.1) is 5.56 Å². The molecule has 5 N–H and O–H groups in total. The first kappa shape index (κ1) is 42.5. The fourth-order valence-corrected chi connectivity index (χ4v) is 13.3. The molecule has 0 bridgehead atoms. The van der Waals surface area contributed by atoms with Crippen LogP contribution < -0.4 is 20.7 Å². The molecule has 6 aliphatic rings. The summed E-state index contributed by atoms with van der Waals surface area (Å²) in [6.07, 6.45) is 12.7. The van der Waals surface area contributed by atoms with E-state index in [1.165, 1.54) is 4.31 Å². The van der Waals surface area contributed by atoms with Crippen LogP contribution >= 0.6 is 0 Å². The van der Waals surface area contributed by atoms with Crippen molar-refractivity contribution in [1.29, 1.82) is 0 Å². The third-order valence-corrected chi connectivity index (χ3v) is 17.5. The average molecular weight is 846 g/mol. The van der Waals surface area contributed by atoms with Crippen LogP contribution in [0.2, 0.25) is 0 Å². The molecule has 8 rings (SSSR count). The first-order valence-electron chi connectivity index (χ1n) is 22.1. The fourth-order valence-electron chi connectivity index (χ4n) is 12.0. The molecule has 3 heterocycles. The molecule has 0 radical (unpaired) electrons. The molecule has 14 nitrogen and oxygen atoms in total. The maximum absolute atomic E-state index is 15.3. The molecule has 2 saturated heterocycles. The fraction of sp³-hybridized carbons (Fsp3) is 0.667. The van der Waals surface area contributed by atoms with Crippen LogP contribution in [0.1, 0.15) is 122 Å². The molecular formula is C45H63N7O7S. The molecule has 6 fully saturated rings. The topological polar surface area (TPSA) is 190 Å². The molecule has 1 aromatic heterocycles. The standard InChI is InChI=1S/C45H63N7O7S/c1-7-29-24-45(29,40(57)50-60(58,59)51-22-13-14-23-51)49-37(54)33-25-44(42(5,6)43(44)20-15-21-43)27-52(33)39(56)35(41(2,3)4)48-38(55)34(28-16-9-8-10-17-28)47-36(53)31-26-46-32-19-12-11-18-30(31)32/h7,11-12,18-19,26,28-29,33-35,46H,1,8-10,13-17,20-25,27H2,2-6H3,(H,47,53)(H,48,55)(H,49,54)(H,50,57)/t29-,33+,34?,35-,44-,45-/m1/s1. The third-order valence-electron chi connectivity index (χ3n) is 16.0. The van der Waals surface area contributed by atoms with Crippen LogP contribution in [0.5, 0.6) is 0 Å². The number of nitrogens with zero attached hydrogens (tertiary/aromatic N) is 2. The van der Waals surface area contributed by atoms with E-state index in [0.29, 0.717) is 44.5 Å². The van der Waals surface area contributed by atoms with E-state index in [1.807, 2.05) is 45.0 Å². The zero-order valence-corrected chi connectivity index (χ0v) is 36.6. The minimum Gasteiger partial charge on any atom is -0.360 e. The largest absolute Gasteiger partial charge is 0.360 e. The van der Waals surface area contributed by atoms with E-state index in [-0.39, 0.29) is 34.5 Å². The highest BCUT2D eigenvalue weighted by Gasteiger charge is 2.85. The number of amides is 5. The SMILES string of the molecule is C=C[C@@H]1C[C@]1(NC(=O)[C@@H]1C[C@@]2(CN1C(=O)[C@@H](NC(=O)C(NC(=O)c1c[nH]c3ccccc13)C1CCCCC1)C(C)(C)C)C(C)(C)C21CCC1)C(=O)NS(=O)(=O)N1CCCC1. The van der Waals surface area contributed by atoms with Crippen molar-refractivity contribution in [3.05, 3.63) is 48.7 Å². The van der Waals surface area contributed by atoms with Crippen LogP contribution in [-0.4, -0.2) is 95.4 Å². The summed E-state index contributed by atoms with van der Waals surface area (Å²) in [5, 5.41) is 9.88. The summed E-state index contributed by atoms with van der Waals surface area (Å²) in [7, 11) is -4.12. The molecule has 4 saturated carbocycles. The second-order valence-corrected chi connectivity index (χ2v) is 22.0. The molecule has 1 aromatic carbocycles. The number of aromatic nitrogens is 1. The van der Waals surface area contributed by atoms with E-state index in [4.69, 9.17) is 0 Å². The normalized spacial score (nSPS) is 29.4. The Morgan fingerprint density at radius 1 is 0.917 bits per heavy atom. The zero-order chi connectivity index (χ0) is 43.0. The number of fused-ring (bicyclic) bond motifs is 2. The van der Waals surface area contributed by atoms with Crippen molar-refractivity contribution in [3.8, 4) is 0 Å². The van der Waals surface area contributed by atoms with Crippen molar-refractivity contribution in [3.63, 3.8) is 0 Å². The molecule has 1 unspecified atom stereocenters. The minimum absolute atomic E-state index is 0.0328. The molecule has 60 heavy (non-hydrogen) atoms. The van der Waals surface area contributed by atoms with Crippen LogP contribution in [0.15, 0.2) is 43.1 Å². The molecular weight excluding hydrogens is 783 g/mol. The Morgan fingerprint density at radius 3 is 2.20 bits per heavy atom. The van der Waals surface area contributed by atoms with Crippen molar-refractivity contribution < 1.29 is 32.4 Å². The molecule has 5 amide bonds. The summed E-state index contributed by atoms with van der Waals surface area (Å²) in [4.78, 5) is 77.2. The van der Waals surface area contributed by atoms with Crippen molar-refractivity contribution in [1.82, 2.24) is 34.9 Å². The predicted octanol–water partition coefficient (Wildman–Crippen LogP) is 4.69. The van der Waals surface area contributed by atoms with E-state index < -0.39 is 68.8 Å². The second kappa shape index (κ2) is 15.0. The lowest BCUT2D eigenvalue weighted by Crippen LogP contribution is -2.62. The second-order valence-electron chi connectivity index (χ2n) is 20.3. The molecule has 15 heteroatoms. The van der Waals surface area contributed by atoms with Crippen LogP contribution in [0.25, 0.3) is 10.9 Å². The van der Waals surface area contributed by atoms with Gasteiger partial charge < -0.3 is 25.8 Å². The lowest BCUT2D eigenvalue weighted by Gasteiger charge is -2.38. The number of carbonyl (C=O) groups is 5. The minimum atomic E-state index is -4.12. The summed E-state index contributed by atoms with van der Waals surface area (Å²) in [5.41, 5.74) is -1.63. The number of nitrogens with one attached hydrogen (secondary N) is 5. The monoisotopic (exact) mass is 845 g/mol. The quantitative estimate of drug-likeness (QED) is 0.192. The number of aromatic amines is 1. The Morgan fingerprint density at radius 2 is 1.60 bits per heavy atom. The van der Waals surface area contributed by atoms with Crippen molar-refractivity contribution in [2.24, 2.45) is 33.5 Å². The Labute approximate surface area is 354 Å². The van der Waals surface area contributed by atoms with Gasteiger partial charge in [0.1, 0.15) is 23.7 Å². The van der Waals surface area contributed by atoms with E-state index in [1.54, 1.807) is 17.2 Å². The number of likely N-dealkylation sites (tertiary alicyclic amines) is 1. The number of benzene rings is 1. The molecule has 2 aromatic rings. The highest BCUT2D eigenvalue weighted by molar-refractivity contribution is 7.87. The number of hydrogen-bond donors (Lipinski definition) is 5. The molecule has 2 aliphatic heterocycles. The smallest absolute Gasteiger partial charge is 0.303 e. The predicted molar refractivity (Wildman–Crippen MR) is 227 cm³/mol. The van der Waals surface area contributed by atoms with Crippen LogP contribution in [0.3, 0.4) is 0 Å². The summed E-state index contributed by atoms with van der Waals surface area (Å²) < 4.78 is 29.9. The summed E-state index contributed by atoms with van der Waals surface area (Å²) in [6, 6.07) is 4.57. The zero-order valence-electron chi connectivity index (χ0n) is 35.8. The Hall–Kier alpha value is -4.24. The van der Waals surface area contributed by atoms with Gasteiger partial charge in [0.25, 0.3) is 11.8 Å². The number of carbonyl (C=O) groups excluding carboxylic acids is 5.